The van der Waals surface area contributed by atoms with Crippen molar-refractivity contribution in [3.05, 3.63) is 107 Å². The number of aliphatic hydroxyl groups is 1. The molecule has 0 bridgehead atoms. The summed E-state index contributed by atoms with van der Waals surface area (Å²) in [4.78, 5) is 4.80. The quantitative estimate of drug-likeness (QED) is 0.440. The smallest absolute Gasteiger partial charge is 0.123 e. The van der Waals surface area contributed by atoms with Gasteiger partial charge in [0, 0.05) is 45.0 Å². The Morgan fingerprint density at radius 1 is 0.735 bits per heavy atom. The molecular formula is C28H32F2N2OS. The van der Waals surface area contributed by atoms with E-state index in [1.54, 1.807) is 11.8 Å². The molecule has 0 saturated carbocycles. The number of hydrogen-bond acceptors (Lipinski definition) is 4. The topological polar surface area (TPSA) is 26.7 Å². The van der Waals surface area contributed by atoms with Crippen LogP contribution >= 0.6 is 11.8 Å². The molecule has 1 atom stereocenters. The zero-order chi connectivity index (χ0) is 23.8. The summed E-state index contributed by atoms with van der Waals surface area (Å²) >= 11 is 1.81. The number of halogens is 2. The van der Waals surface area contributed by atoms with Crippen molar-refractivity contribution in [1.82, 2.24) is 9.80 Å². The van der Waals surface area contributed by atoms with Crippen LogP contribution in [-0.2, 0) is 6.42 Å². The second kappa shape index (κ2) is 12.5. The fraction of sp³-hybridized carbons (Fsp3) is 0.357. The van der Waals surface area contributed by atoms with Gasteiger partial charge in [0.25, 0.3) is 0 Å². The maximum absolute atomic E-state index is 13.4. The van der Waals surface area contributed by atoms with Gasteiger partial charge in [0.05, 0.1) is 11.4 Å². The van der Waals surface area contributed by atoms with E-state index in [0.717, 1.165) is 49.6 Å². The van der Waals surface area contributed by atoms with Gasteiger partial charge in [-0.2, -0.15) is 0 Å². The lowest BCUT2D eigenvalue weighted by atomic mass is 10.0. The van der Waals surface area contributed by atoms with Crippen molar-refractivity contribution < 1.29 is 13.9 Å². The van der Waals surface area contributed by atoms with Crippen LogP contribution in [0.15, 0.2) is 78.9 Å². The highest BCUT2D eigenvalue weighted by Gasteiger charge is 2.20. The standard InChI is InChI=1S/C28H32F2N2OS/c29-25-10-6-23(7-11-25)28(24-8-12-26(30)13-9-24)34-19-18-31-14-16-32(17-15-31)21-27(33)20-22-4-2-1-3-5-22/h1-13,27-28,33H,14-21H2. The minimum atomic E-state index is -0.350. The Bertz CT molecular complexity index is 948. The second-order valence-electron chi connectivity index (χ2n) is 8.84. The number of benzene rings is 3. The monoisotopic (exact) mass is 482 g/mol. The number of rotatable bonds is 10. The van der Waals surface area contributed by atoms with E-state index in [4.69, 9.17) is 0 Å². The van der Waals surface area contributed by atoms with E-state index in [1.807, 2.05) is 42.5 Å². The minimum absolute atomic E-state index is 0.0376. The van der Waals surface area contributed by atoms with Crippen molar-refractivity contribution >= 4 is 11.8 Å². The van der Waals surface area contributed by atoms with Crippen molar-refractivity contribution in [3.8, 4) is 0 Å². The average molecular weight is 483 g/mol. The van der Waals surface area contributed by atoms with Crippen molar-refractivity contribution in [3.63, 3.8) is 0 Å². The first kappa shape index (κ1) is 24.9. The first-order valence-corrected chi connectivity index (χ1v) is 12.9. The van der Waals surface area contributed by atoms with Crippen LogP contribution in [0.25, 0.3) is 0 Å². The molecule has 1 aliphatic rings. The van der Waals surface area contributed by atoms with Crippen LogP contribution in [0.5, 0.6) is 0 Å². The highest BCUT2D eigenvalue weighted by Crippen LogP contribution is 2.35. The summed E-state index contributed by atoms with van der Waals surface area (Å²) in [5.74, 6) is 0.424. The summed E-state index contributed by atoms with van der Waals surface area (Å²) in [5.41, 5.74) is 3.22. The highest BCUT2D eigenvalue weighted by atomic mass is 32.2. The zero-order valence-corrected chi connectivity index (χ0v) is 20.1. The molecule has 1 unspecified atom stereocenters. The third kappa shape index (κ3) is 7.37. The molecule has 3 nitrogen and oxygen atoms in total. The van der Waals surface area contributed by atoms with E-state index < -0.39 is 0 Å². The van der Waals surface area contributed by atoms with Gasteiger partial charge in [-0.15, -0.1) is 11.8 Å². The van der Waals surface area contributed by atoms with Gasteiger partial charge in [-0.3, -0.25) is 9.80 Å². The number of β-amino-alcohol motifs (C(OH)–C–C–N with tert-alkyl or cyclic N) is 1. The molecule has 180 valence electrons. The number of aliphatic hydroxyl groups excluding tert-OH is 1. The van der Waals surface area contributed by atoms with E-state index in [9.17, 15) is 13.9 Å². The molecule has 0 radical (unpaired) electrons. The lowest BCUT2D eigenvalue weighted by Crippen LogP contribution is -2.49. The first-order valence-electron chi connectivity index (χ1n) is 11.9. The summed E-state index contributed by atoms with van der Waals surface area (Å²) in [7, 11) is 0. The Labute approximate surface area is 205 Å². The lowest BCUT2D eigenvalue weighted by molar-refractivity contribution is 0.0750. The SMILES string of the molecule is OC(Cc1ccccc1)CN1CCN(CCSC(c2ccc(F)cc2)c2ccc(F)cc2)CC1. The Morgan fingerprint density at radius 2 is 1.26 bits per heavy atom. The third-order valence-electron chi connectivity index (χ3n) is 6.29. The van der Waals surface area contributed by atoms with Gasteiger partial charge >= 0.3 is 0 Å². The van der Waals surface area contributed by atoms with Crippen molar-refractivity contribution in [1.29, 1.82) is 0 Å². The van der Waals surface area contributed by atoms with E-state index in [0.29, 0.717) is 13.0 Å². The molecule has 0 spiro atoms. The summed E-state index contributed by atoms with van der Waals surface area (Å²) in [6.45, 7) is 5.54. The maximum Gasteiger partial charge on any atom is 0.123 e. The van der Waals surface area contributed by atoms with Crippen LogP contribution in [0, 0.1) is 11.6 Å². The molecule has 3 aromatic carbocycles. The Kier molecular flexibility index (Phi) is 9.11. The predicted molar refractivity (Wildman–Crippen MR) is 136 cm³/mol. The second-order valence-corrected chi connectivity index (χ2v) is 10.1. The number of thioether (sulfide) groups is 1. The van der Waals surface area contributed by atoms with Gasteiger partial charge < -0.3 is 5.11 Å². The van der Waals surface area contributed by atoms with Gasteiger partial charge in [0.1, 0.15) is 11.6 Å². The summed E-state index contributed by atoms with van der Waals surface area (Å²) in [6, 6.07) is 23.3. The number of hydrogen-bond donors (Lipinski definition) is 1. The van der Waals surface area contributed by atoms with Crippen LogP contribution in [-0.4, -0.2) is 66.0 Å². The molecule has 34 heavy (non-hydrogen) atoms. The van der Waals surface area contributed by atoms with Crippen LogP contribution in [0.1, 0.15) is 21.9 Å². The molecule has 6 heteroatoms. The Balaban J connectivity index is 1.24. The molecule has 1 aliphatic heterocycles. The summed E-state index contributed by atoms with van der Waals surface area (Å²) in [6.07, 6.45) is 0.336. The van der Waals surface area contributed by atoms with Crippen molar-refractivity contribution in [2.24, 2.45) is 0 Å². The van der Waals surface area contributed by atoms with Gasteiger partial charge in [-0.1, -0.05) is 54.6 Å². The summed E-state index contributed by atoms with van der Waals surface area (Å²) < 4.78 is 26.9. The largest absolute Gasteiger partial charge is 0.391 e. The van der Waals surface area contributed by atoms with E-state index in [1.165, 1.54) is 29.8 Å². The minimum Gasteiger partial charge on any atom is -0.391 e. The molecule has 3 aromatic rings. The molecule has 1 saturated heterocycles. The van der Waals surface area contributed by atoms with Crippen LogP contribution < -0.4 is 0 Å². The molecule has 0 aromatic heterocycles. The molecule has 1 heterocycles. The van der Waals surface area contributed by atoms with Crippen LogP contribution in [0.3, 0.4) is 0 Å². The molecule has 0 aliphatic carbocycles. The number of piperazine rings is 1. The van der Waals surface area contributed by atoms with Gasteiger partial charge in [0.2, 0.25) is 0 Å². The molecular weight excluding hydrogens is 450 g/mol. The van der Waals surface area contributed by atoms with E-state index in [-0.39, 0.29) is 23.0 Å². The fourth-order valence-corrected chi connectivity index (χ4v) is 5.70. The van der Waals surface area contributed by atoms with Crippen LogP contribution in [0.2, 0.25) is 0 Å². The normalized spacial score (nSPS) is 16.1. The highest BCUT2D eigenvalue weighted by molar-refractivity contribution is 7.99. The lowest BCUT2D eigenvalue weighted by Gasteiger charge is -2.35. The van der Waals surface area contributed by atoms with E-state index in [2.05, 4.69) is 21.9 Å². The molecule has 1 fully saturated rings. The third-order valence-corrected chi connectivity index (χ3v) is 7.58. The first-order chi connectivity index (χ1) is 16.6. The molecule has 1 N–H and O–H groups in total. The maximum atomic E-state index is 13.4. The molecule has 4 rings (SSSR count). The Morgan fingerprint density at radius 3 is 1.82 bits per heavy atom. The summed E-state index contributed by atoms with van der Waals surface area (Å²) in [5, 5.41) is 10.5. The van der Waals surface area contributed by atoms with E-state index >= 15 is 0 Å². The van der Waals surface area contributed by atoms with Gasteiger partial charge in [-0.25, -0.2) is 8.78 Å². The van der Waals surface area contributed by atoms with Crippen molar-refractivity contribution in [2.45, 2.75) is 17.8 Å². The Hall–Kier alpha value is -2.25. The number of nitrogens with zero attached hydrogens (tertiary/aromatic N) is 2. The van der Waals surface area contributed by atoms with Crippen LogP contribution in [0.4, 0.5) is 8.78 Å². The average Bonchev–Trinajstić information content (AvgIpc) is 2.85. The predicted octanol–water partition coefficient (Wildman–Crippen LogP) is 5.01. The van der Waals surface area contributed by atoms with Crippen molar-refractivity contribution in [2.75, 3.05) is 45.0 Å². The zero-order valence-electron chi connectivity index (χ0n) is 19.3. The van der Waals surface area contributed by atoms with Gasteiger partial charge in [0.15, 0.2) is 0 Å². The van der Waals surface area contributed by atoms with Gasteiger partial charge in [-0.05, 0) is 47.4 Å². The molecule has 0 amide bonds. The fourth-order valence-electron chi connectivity index (χ4n) is 4.40.